The van der Waals surface area contributed by atoms with Crippen LogP contribution in [-0.2, 0) is 27.2 Å². The van der Waals surface area contributed by atoms with Crippen molar-refractivity contribution in [1.29, 1.82) is 0 Å². The highest BCUT2D eigenvalue weighted by atomic mass is 16.5. The molecule has 0 aliphatic carbocycles. The Kier molecular flexibility index (Phi) is 5.78. The minimum absolute atomic E-state index is 0.0745. The molecule has 0 unspecified atom stereocenters. The van der Waals surface area contributed by atoms with Gasteiger partial charge in [0.2, 0.25) is 11.8 Å². The summed E-state index contributed by atoms with van der Waals surface area (Å²) in [6, 6.07) is 0. The normalized spacial score (nSPS) is 18.6. The van der Waals surface area contributed by atoms with Crippen LogP contribution in [0.2, 0.25) is 0 Å². The van der Waals surface area contributed by atoms with Gasteiger partial charge in [0, 0.05) is 51.7 Å². The molecule has 0 N–H and O–H groups in total. The Morgan fingerprint density at radius 2 is 2.15 bits per heavy atom. The van der Waals surface area contributed by atoms with Crippen molar-refractivity contribution in [3.8, 4) is 0 Å². The number of nitrogens with zero attached hydrogens (tertiary/aromatic N) is 5. The largest absolute Gasteiger partial charge is 0.381 e. The standard InChI is InChI=1S/C18H25N5O4/c24-17(11-22-5-4-19-13-22)23-9-15(10-23)18-20-16(21-27-18)3-8-26-12-14-1-6-25-7-2-14/h4-5,13-15H,1-3,6-12H2. The Bertz CT molecular complexity index is 720. The van der Waals surface area contributed by atoms with E-state index in [1.807, 2.05) is 0 Å². The zero-order valence-electron chi connectivity index (χ0n) is 15.3. The fourth-order valence-electron chi connectivity index (χ4n) is 3.34. The number of ether oxygens (including phenoxy) is 2. The monoisotopic (exact) mass is 375 g/mol. The molecule has 2 aromatic heterocycles. The Morgan fingerprint density at radius 1 is 1.30 bits per heavy atom. The molecule has 2 aliphatic heterocycles. The number of aromatic nitrogens is 4. The van der Waals surface area contributed by atoms with Gasteiger partial charge >= 0.3 is 0 Å². The molecule has 146 valence electrons. The van der Waals surface area contributed by atoms with Crippen LogP contribution in [0.3, 0.4) is 0 Å². The van der Waals surface area contributed by atoms with Crippen LogP contribution in [0.4, 0.5) is 0 Å². The summed E-state index contributed by atoms with van der Waals surface area (Å²) in [5, 5.41) is 4.03. The number of likely N-dealkylation sites (tertiary alicyclic amines) is 1. The highest BCUT2D eigenvalue weighted by Gasteiger charge is 2.35. The number of carbonyl (C=O) groups excluding carboxylic acids is 1. The number of hydrogen-bond donors (Lipinski definition) is 0. The fraction of sp³-hybridized carbons (Fsp3) is 0.667. The summed E-state index contributed by atoms with van der Waals surface area (Å²) in [4.78, 5) is 22.4. The average Bonchev–Trinajstić information content (AvgIpc) is 3.31. The summed E-state index contributed by atoms with van der Waals surface area (Å²) in [5.74, 6) is 2.08. The summed E-state index contributed by atoms with van der Waals surface area (Å²) in [6.07, 6.45) is 7.88. The van der Waals surface area contributed by atoms with Crippen molar-refractivity contribution in [2.24, 2.45) is 5.92 Å². The topological polar surface area (TPSA) is 95.5 Å². The molecule has 1 amide bonds. The van der Waals surface area contributed by atoms with Crippen LogP contribution in [0.15, 0.2) is 23.2 Å². The maximum atomic E-state index is 12.2. The SMILES string of the molecule is O=C(Cn1ccnc1)N1CC(c2nc(CCOCC3CCOCC3)no2)C1. The van der Waals surface area contributed by atoms with E-state index in [4.69, 9.17) is 14.0 Å². The third-order valence-corrected chi connectivity index (χ3v) is 5.11. The van der Waals surface area contributed by atoms with E-state index < -0.39 is 0 Å². The predicted octanol–water partition coefficient (Wildman–Crippen LogP) is 0.878. The van der Waals surface area contributed by atoms with Crippen molar-refractivity contribution in [1.82, 2.24) is 24.6 Å². The van der Waals surface area contributed by atoms with Gasteiger partial charge in [-0.15, -0.1) is 0 Å². The van der Waals surface area contributed by atoms with Gasteiger partial charge in [-0.2, -0.15) is 4.98 Å². The second kappa shape index (κ2) is 8.62. The average molecular weight is 375 g/mol. The van der Waals surface area contributed by atoms with Crippen LogP contribution in [0, 0.1) is 5.92 Å². The van der Waals surface area contributed by atoms with E-state index in [-0.39, 0.29) is 11.8 Å². The molecule has 2 saturated heterocycles. The van der Waals surface area contributed by atoms with Crippen molar-refractivity contribution in [3.63, 3.8) is 0 Å². The molecule has 9 heteroatoms. The molecule has 4 heterocycles. The van der Waals surface area contributed by atoms with E-state index in [0.29, 0.717) is 50.3 Å². The lowest BCUT2D eigenvalue weighted by molar-refractivity contribution is -0.136. The van der Waals surface area contributed by atoms with Gasteiger partial charge in [0.1, 0.15) is 6.54 Å². The van der Waals surface area contributed by atoms with Crippen LogP contribution in [-0.4, -0.2) is 70.0 Å². The van der Waals surface area contributed by atoms with E-state index in [1.165, 1.54) is 0 Å². The number of amides is 1. The first-order valence-electron chi connectivity index (χ1n) is 9.49. The quantitative estimate of drug-likeness (QED) is 0.632. The van der Waals surface area contributed by atoms with E-state index in [1.54, 1.807) is 28.2 Å². The molecule has 2 aromatic rings. The van der Waals surface area contributed by atoms with Gasteiger partial charge in [-0.3, -0.25) is 4.79 Å². The second-order valence-corrected chi connectivity index (χ2v) is 7.16. The lowest BCUT2D eigenvalue weighted by Gasteiger charge is -2.37. The molecular formula is C18H25N5O4. The molecule has 0 saturated carbocycles. The van der Waals surface area contributed by atoms with Gasteiger partial charge in [0.15, 0.2) is 5.82 Å². The molecule has 0 aromatic carbocycles. The van der Waals surface area contributed by atoms with Gasteiger partial charge in [-0.05, 0) is 18.8 Å². The molecule has 0 bridgehead atoms. The first-order chi connectivity index (χ1) is 13.3. The Hall–Kier alpha value is -2.26. The van der Waals surface area contributed by atoms with Crippen LogP contribution >= 0.6 is 0 Å². The molecule has 27 heavy (non-hydrogen) atoms. The summed E-state index contributed by atoms with van der Waals surface area (Å²) in [6.45, 7) is 4.59. The minimum atomic E-state index is 0.0745. The zero-order valence-corrected chi connectivity index (χ0v) is 15.3. The smallest absolute Gasteiger partial charge is 0.242 e. The highest BCUT2D eigenvalue weighted by molar-refractivity contribution is 5.77. The summed E-state index contributed by atoms with van der Waals surface area (Å²) >= 11 is 0. The van der Waals surface area contributed by atoms with Gasteiger partial charge in [-0.1, -0.05) is 5.16 Å². The predicted molar refractivity (Wildman–Crippen MR) is 93.9 cm³/mol. The van der Waals surface area contributed by atoms with Crippen molar-refractivity contribution < 1.29 is 18.8 Å². The fourth-order valence-corrected chi connectivity index (χ4v) is 3.34. The van der Waals surface area contributed by atoms with E-state index in [0.717, 1.165) is 32.7 Å². The minimum Gasteiger partial charge on any atom is -0.381 e. The van der Waals surface area contributed by atoms with Crippen molar-refractivity contribution in [3.05, 3.63) is 30.4 Å². The van der Waals surface area contributed by atoms with Gasteiger partial charge in [-0.25, -0.2) is 4.98 Å². The van der Waals surface area contributed by atoms with Gasteiger partial charge in [0.25, 0.3) is 0 Å². The lowest BCUT2D eigenvalue weighted by atomic mass is 10.00. The third kappa shape index (κ3) is 4.72. The summed E-state index contributed by atoms with van der Waals surface area (Å²) in [7, 11) is 0. The van der Waals surface area contributed by atoms with E-state index in [2.05, 4.69) is 15.1 Å². The first-order valence-corrected chi connectivity index (χ1v) is 9.49. The number of rotatable bonds is 8. The third-order valence-electron chi connectivity index (χ3n) is 5.11. The Labute approximate surface area is 157 Å². The number of imidazole rings is 1. The van der Waals surface area contributed by atoms with Crippen molar-refractivity contribution in [2.45, 2.75) is 31.7 Å². The lowest BCUT2D eigenvalue weighted by Crippen LogP contribution is -2.49. The first kappa shape index (κ1) is 18.1. The number of hydrogen-bond acceptors (Lipinski definition) is 7. The molecule has 2 aliphatic rings. The maximum Gasteiger partial charge on any atom is 0.242 e. The molecule has 0 spiro atoms. The van der Waals surface area contributed by atoms with Crippen LogP contribution in [0.1, 0.15) is 30.5 Å². The second-order valence-electron chi connectivity index (χ2n) is 7.16. The zero-order chi connectivity index (χ0) is 18.5. The molecule has 4 rings (SSSR count). The van der Waals surface area contributed by atoms with E-state index >= 15 is 0 Å². The number of carbonyl (C=O) groups is 1. The maximum absolute atomic E-state index is 12.2. The molecule has 0 atom stereocenters. The van der Waals surface area contributed by atoms with Crippen molar-refractivity contribution >= 4 is 5.91 Å². The molecule has 2 fully saturated rings. The van der Waals surface area contributed by atoms with Gasteiger partial charge < -0.3 is 23.5 Å². The molecule has 0 radical (unpaired) electrons. The van der Waals surface area contributed by atoms with Gasteiger partial charge in [0.05, 0.1) is 18.9 Å². The molecule has 9 nitrogen and oxygen atoms in total. The molecular weight excluding hydrogens is 350 g/mol. The summed E-state index contributed by atoms with van der Waals surface area (Å²) < 4.78 is 18.2. The Balaban J connectivity index is 1.15. The Morgan fingerprint density at radius 3 is 2.93 bits per heavy atom. The van der Waals surface area contributed by atoms with Crippen LogP contribution in [0.5, 0.6) is 0 Å². The highest BCUT2D eigenvalue weighted by Crippen LogP contribution is 2.26. The van der Waals surface area contributed by atoms with Crippen LogP contribution in [0.25, 0.3) is 0 Å². The van der Waals surface area contributed by atoms with E-state index in [9.17, 15) is 4.79 Å². The summed E-state index contributed by atoms with van der Waals surface area (Å²) in [5.41, 5.74) is 0. The van der Waals surface area contributed by atoms with Crippen molar-refractivity contribution in [2.75, 3.05) is 39.5 Å². The van der Waals surface area contributed by atoms with Crippen LogP contribution < -0.4 is 0 Å².